The monoisotopic (exact) mass is 362 g/mol. The molecule has 7 nitrogen and oxygen atoms in total. The zero-order valence-corrected chi connectivity index (χ0v) is 14.1. The zero-order valence-electron chi connectivity index (χ0n) is 14.1. The minimum Gasteiger partial charge on any atom is -0.366 e. The standard InChI is InChI=1S/C19H15FN6O/c20-16-11-23-19(25-15-3-1-2-13(10-15)17(22)27)26-18(16)24-14-6-4-12(5-7-14)8-9-21/h1-7,10-11H,8H2,(H2,22,27)(H2,23,24,25,26). The number of carbonyl (C=O) groups is 1. The maximum atomic E-state index is 14.0. The highest BCUT2D eigenvalue weighted by Crippen LogP contribution is 2.21. The molecular weight excluding hydrogens is 347 g/mol. The van der Waals surface area contributed by atoms with Gasteiger partial charge in [0, 0.05) is 16.9 Å². The zero-order chi connectivity index (χ0) is 19.2. The molecule has 8 heteroatoms. The number of hydrogen-bond donors (Lipinski definition) is 3. The van der Waals surface area contributed by atoms with E-state index in [1.807, 2.05) is 0 Å². The minimum atomic E-state index is -0.618. The van der Waals surface area contributed by atoms with Crippen molar-refractivity contribution in [3.8, 4) is 6.07 Å². The predicted octanol–water partition coefficient (Wildman–Crippen LogP) is 3.27. The number of nitrogens with one attached hydrogen (secondary N) is 2. The average Bonchev–Trinajstić information content (AvgIpc) is 2.66. The van der Waals surface area contributed by atoms with Gasteiger partial charge in [0.2, 0.25) is 11.9 Å². The molecule has 4 N–H and O–H groups in total. The third-order valence-corrected chi connectivity index (χ3v) is 3.65. The van der Waals surface area contributed by atoms with E-state index in [0.29, 0.717) is 23.4 Å². The van der Waals surface area contributed by atoms with Crippen LogP contribution in [0.25, 0.3) is 0 Å². The van der Waals surface area contributed by atoms with E-state index in [-0.39, 0.29) is 11.8 Å². The Hall–Kier alpha value is -3.99. The fourth-order valence-corrected chi connectivity index (χ4v) is 2.33. The van der Waals surface area contributed by atoms with Crippen LogP contribution in [0.5, 0.6) is 0 Å². The van der Waals surface area contributed by atoms with Crippen molar-refractivity contribution in [1.82, 2.24) is 9.97 Å². The van der Waals surface area contributed by atoms with Crippen LogP contribution in [0.1, 0.15) is 15.9 Å². The van der Waals surface area contributed by atoms with Gasteiger partial charge in [-0.15, -0.1) is 0 Å². The summed E-state index contributed by atoms with van der Waals surface area (Å²) in [6.45, 7) is 0. The second-order valence-corrected chi connectivity index (χ2v) is 5.62. The van der Waals surface area contributed by atoms with E-state index in [2.05, 4.69) is 26.7 Å². The van der Waals surface area contributed by atoms with Gasteiger partial charge >= 0.3 is 0 Å². The molecular formula is C19H15FN6O. The Morgan fingerprint density at radius 3 is 2.63 bits per heavy atom. The Kier molecular flexibility index (Phi) is 5.23. The van der Waals surface area contributed by atoms with Crippen LogP contribution in [0.2, 0.25) is 0 Å². The predicted molar refractivity (Wildman–Crippen MR) is 99.3 cm³/mol. The van der Waals surface area contributed by atoms with E-state index in [1.54, 1.807) is 48.5 Å². The van der Waals surface area contributed by atoms with Crippen molar-refractivity contribution >= 4 is 29.0 Å². The molecule has 2 aromatic carbocycles. The summed E-state index contributed by atoms with van der Waals surface area (Å²) in [4.78, 5) is 19.3. The highest BCUT2D eigenvalue weighted by molar-refractivity contribution is 5.93. The first-order valence-corrected chi connectivity index (χ1v) is 7.97. The lowest BCUT2D eigenvalue weighted by atomic mass is 10.1. The first kappa shape index (κ1) is 17.8. The first-order chi connectivity index (χ1) is 13.0. The number of anilines is 4. The van der Waals surface area contributed by atoms with Crippen molar-refractivity contribution in [3.63, 3.8) is 0 Å². The van der Waals surface area contributed by atoms with Gasteiger partial charge in [-0.25, -0.2) is 9.37 Å². The van der Waals surface area contributed by atoms with Gasteiger partial charge in [0.15, 0.2) is 11.6 Å². The Morgan fingerprint density at radius 2 is 1.93 bits per heavy atom. The molecule has 0 fully saturated rings. The van der Waals surface area contributed by atoms with Crippen LogP contribution in [0, 0.1) is 17.1 Å². The number of nitrogens with zero attached hydrogens (tertiary/aromatic N) is 3. The van der Waals surface area contributed by atoms with Crippen molar-refractivity contribution in [2.75, 3.05) is 10.6 Å². The van der Waals surface area contributed by atoms with Crippen LogP contribution < -0.4 is 16.4 Å². The van der Waals surface area contributed by atoms with Crippen LogP contribution in [-0.4, -0.2) is 15.9 Å². The number of benzene rings is 2. The third kappa shape index (κ3) is 4.55. The lowest BCUT2D eigenvalue weighted by Crippen LogP contribution is -2.11. The van der Waals surface area contributed by atoms with Crippen LogP contribution in [0.3, 0.4) is 0 Å². The third-order valence-electron chi connectivity index (χ3n) is 3.65. The van der Waals surface area contributed by atoms with Gasteiger partial charge in [-0.1, -0.05) is 18.2 Å². The van der Waals surface area contributed by atoms with E-state index in [1.165, 1.54) is 0 Å². The van der Waals surface area contributed by atoms with Crippen molar-refractivity contribution in [1.29, 1.82) is 5.26 Å². The molecule has 0 aliphatic carbocycles. The largest absolute Gasteiger partial charge is 0.366 e. The van der Waals surface area contributed by atoms with Crippen molar-refractivity contribution in [2.24, 2.45) is 5.73 Å². The molecule has 0 bridgehead atoms. The van der Waals surface area contributed by atoms with E-state index >= 15 is 0 Å². The highest BCUT2D eigenvalue weighted by atomic mass is 19.1. The average molecular weight is 362 g/mol. The Labute approximate surface area is 154 Å². The second kappa shape index (κ2) is 7.93. The fraction of sp³-hybridized carbons (Fsp3) is 0.0526. The van der Waals surface area contributed by atoms with E-state index < -0.39 is 11.7 Å². The Morgan fingerprint density at radius 1 is 1.15 bits per heavy atom. The number of halogens is 1. The molecule has 0 spiro atoms. The summed E-state index contributed by atoms with van der Waals surface area (Å²) in [5, 5.41) is 14.5. The number of carbonyl (C=O) groups excluding carboxylic acids is 1. The van der Waals surface area contributed by atoms with Gasteiger partial charge in [-0.05, 0) is 35.9 Å². The van der Waals surface area contributed by atoms with Crippen LogP contribution in [0.4, 0.5) is 27.5 Å². The number of aromatic nitrogens is 2. The number of hydrogen-bond acceptors (Lipinski definition) is 6. The van der Waals surface area contributed by atoms with Gasteiger partial charge in [-0.3, -0.25) is 4.79 Å². The molecule has 0 saturated heterocycles. The Balaban J connectivity index is 1.79. The summed E-state index contributed by atoms with van der Waals surface area (Å²) in [5.41, 5.74) is 7.62. The highest BCUT2D eigenvalue weighted by Gasteiger charge is 2.09. The SMILES string of the molecule is N#CCc1ccc(Nc2nc(Nc3cccc(C(N)=O)c3)ncc2F)cc1. The molecule has 27 heavy (non-hydrogen) atoms. The second-order valence-electron chi connectivity index (χ2n) is 5.62. The van der Waals surface area contributed by atoms with Crippen LogP contribution in [-0.2, 0) is 6.42 Å². The first-order valence-electron chi connectivity index (χ1n) is 7.97. The summed E-state index contributed by atoms with van der Waals surface area (Å²) in [5.74, 6) is -1.03. The molecule has 1 heterocycles. The molecule has 0 radical (unpaired) electrons. The smallest absolute Gasteiger partial charge is 0.248 e. The normalized spacial score (nSPS) is 10.1. The van der Waals surface area contributed by atoms with Gasteiger partial charge < -0.3 is 16.4 Å². The maximum Gasteiger partial charge on any atom is 0.248 e. The maximum absolute atomic E-state index is 14.0. The quantitative estimate of drug-likeness (QED) is 0.620. The van der Waals surface area contributed by atoms with Crippen molar-refractivity contribution in [3.05, 3.63) is 71.7 Å². The number of rotatable bonds is 6. The van der Waals surface area contributed by atoms with Gasteiger partial charge in [-0.2, -0.15) is 10.2 Å². The summed E-state index contributed by atoms with van der Waals surface area (Å²) in [7, 11) is 0. The summed E-state index contributed by atoms with van der Waals surface area (Å²) < 4.78 is 14.0. The van der Waals surface area contributed by atoms with Gasteiger partial charge in [0.1, 0.15) is 0 Å². The number of nitriles is 1. The van der Waals surface area contributed by atoms with Crippen LogP contribution >= 0.6 is 0 Å². The fourth-order valence-electron chi connectivity index (χ4n) is 2.33. The Bertz CT molecular complexity index is 1010. The molecule has 0 unspecified atom stereocenters. The molecule has 0 atom stereocenters. The van der Waals surface area contributed by atoms with Gasteiger partial charge in [0.25, 0.3) is 0 Å². The molecule has 3 rings (SSSR count). The molecule has 0 aliphatic heterocycles. The molecule has 134 valence electrons. The van der Waals surface area contributed by atoms with Crippen molar-refractivity contribution < 1.29 is 9.18 Å². The summed E-state index contributed by atoms with van der Waals surface area (Å²) in [6.07, 6.45) is 1.35. The summed E-state index contributed by atoms with van der Waals surface area (Å²) >= 11 is 0. The van der Waals surface area contributed by atoms with E-state index in [9.17, 15) is 9.18 Å². The number of primary amides is 1. The van der Waals surface area contributed by atoms with E-state index in [4.69, 9.17) is 11.0 Å². The molecule has 1 amide bonds. The molecule has 3 aromatic rings. The minimum absolute atomic E-state index is 0.00779. The van der Waals surface area contributed by atoms with Crippen LogP contribution in [0.15, 0.2) is 54.7 Å². The molecule has 0 saturated carbocycles. The summed E-state index contributed by atoms with van der Waals surface area (Å²) in [6, 6.07) is 15.6. The topological polar surface area (TPSA) is 117 Å². The van der Waals surface area contributed by atoms with Crippen molar-refractivity contribution in [2.45, 2.75) is 6.42 Å². The lowest BCUT2D eigenvalue weighted by Gasteiger charge is -2.10. The molecule has 1 aromatic heterocycles. The van der Waals surface area contributed by atoms with Gasteiger partial charge in [0.05, 0.1) is 18.7 Å². The lowest BCUT2D eigenvalue weighted by molar-refractivity contribution is 0.100. The van der Waals surface area contributed by atoms with E-state index in [0.717, 1.165) is 11.8 Å². The number of amides is 1. The molecule has 0 aliphatic rings. The number of nitrogens with two attached hydrogens (primary N) is 1.